The average Bonchev–Trinajstić information content (AvgIpc) is 2.57. The van der Waals surface area contributed by atoms with Crippen molar-refractivity contribution in [1.82, 2.24) is 4.90 Å². The van der Waals surface area contributed by atoms with Crippen molar-refractivity contribution in [3.63, 3.8) is 0 Å². The van der Waals surface area contributed by atoms with Gasteiger partial charge >= 0.3 is 0 Å². The van der Waals surface area contributed by atoms with Crippen LogP contribution in [0.3, 0.4) is 0 Å². The molecule has 0 aliphatic heterocycles. The molecule has 2 rings (SSSR count). The molecule has 2 amide bonds. The van der Waals surface area contributed by atoms with Crippen LogP contribution >= 0.6 is 0 Å². The Morgan fingerprint density at radius 1 is 1.04 bits per heavy atom. The average molecular weight is 340 g/mol. The Balaban J connectivity index is 1.92. The summed E-state index contributed by atoms with van der Waals surface area (Å²) in [6.45, 7) is 4.31. The molecule has 0 saturated heterocycles. The Kier molecular flexibility index (Phi) is 6.57. The normalized spacial score (nSPS) is 10.4. The van der Waals surface area contributed by atoms with E-state index in [1.807, 2.05) is 56.3 Å². The molecule has 0 saturated carbocycles. The summed E-state index contributed by atoms with van der Waals surface area (Å²) in [4.78, 5) is 26.0. The zero-order valence-corrected chi connectivity index (χ0v) is 14.9. The molecule has 0 fully saturated rings. The Labute approximate surface area is 148 Å². The van der Waals surface area contributed by atoms with E-state index in [2.05, 4.69) is 5.32 Å². The maximum Gasteiger partial charge on any atom is 0.233 e. The molecule has 0 aliphatic carbocycles. The van der Waals surface area contributed by atoms with Crippen LogP contribution in [0.5, 0.6) is 5.75 Å². The first-order chi connectivity index (χ1) is 12.0. The first kappa shape index (κ1) is 18.5. The lowest BCUT2D eigenvalue weighted by atomic mass is 10.2. The number of para-hydroxylation sites is 2. The van der Waals surface area contributed by atoms with Gasteiger partial charge in [-0.2, -0.15) is 0 Å². The number of carbonyl (C=O) groups excluding carboxylic acids is 2. The molecule has 0 spiro atoms. The van der Waals surface area contributed by atoms with Gasteiger partial charge < -0.3 is 15.0 Å². The minimum absolute atomic E-state index is 0.00307. The number of nitrogens with one attached hydrogen (secondary N) is 1. The van der Waals surface area contributed by atoms with E-state index in [1.165, 1.54) is 0 Å². The molecule has 25 heavy (non-hydrogen) atoms. The van der Waals surface area contributed by atoms with Crippen LogP contribution in [0.15, 0.2) is 54.6 Å². The highest BCUT2D eigenvalue weighted by Gasteiger charge is 2.16. The third-order valence-corrected chi connectivity index (χ3v) is 3.52. The van der Waals surface area contributed by atoms with Crippen molar-refractivity contribution in [2.75, 3.05) is 12.4 Å². The number of hydrogen-bond acceptors (Lipinski definition) is 3. The molecule has 132 valence electrons. The third kappa shape index (κ3) is 5.95. The Hall–Kier alpha value is -2.82. The van der Waals surface area contributed by atoms with Crippen molar-refractivity contribution >= 4 is 17.5 Å². The molecular weight excluding hydrogens is 316 g/mol. The van der Waals surface area contributed by atoms with Gasteiger partial charge in [0.25, 0.3) is 0 Å². The van der Waals surface area contributed by atoms with Crippen molar-refractivity contribution in [1.29, 1.82) is 0 Å². The lowest BCUT2D eigenvalue weighted by Gasteiger charge is -2.18. The lowest BCUT2D eigenvalue weighted by molar-refractivity contribution is -0.134. The summed E-state index contributed by atoms with van der Waals surface area (Å²) in [6, 6.07) is 16.9. The molecule has 2 aromatic rings. The predicted octanol–water partition coefficient (Wildman–Crippen LogP) is 3.46. The van der Waals surface area contributed by atoms with Gasteiger partial charge in [-0.05, 0) is 31.5 Å². The summed E-state index contributed by atoms with van der Waals surface area (Å²) < 4.78 is 5.67. The van der Waals surface area contributed by atoms with Crippen molar-refractivity contribution in [3.8, 4) is 5.75 Å². The van der Waals surface area contributed by atoms with Gasteiger partial charge in [0.05, 0.1) is 11.8 Å². The fraction of sp³-hybridized carbons (Fsp3) is 0.300. The van der Waals surface area contributed by atoms with Crippen LogP contribution in [0.1, 0.15) is 25.8 Å². The molecule has 5 heteroatoms. The van der Waals surface area contributed by atoms with E-state index in [0.717, 1.165) is 5.56 Å². The molecule has 0 atom stereocenters. The maximum atomic E-state index is 12.2. The molecule has 5 nitrogen and oxygen atoms in total. The highest BCUT2D eigenvalue weighted by Crippen LogP contribution is 2.25. The van der Waals surface area contributed by atoms with Crippen molar-refractivity contribution in [2.45, 2.75) is 32.9 Å². The Bertz CT molecular complexity index is 714. The summed E-state index contributed by atoms with van der Waals surface area (Å²) in [5, 5.41) is 2.75. The van der Waals surface area contributed by atoms with Crippen LogP contribution < -0.4 is 10.1 Å². The molecule has 0 unspecified atom stereocenters. The van der Waals surface area contributed by atoms with Crippen LogP contribution in [0.4, 0.5) is 5.69 Å². The minimum atomic E-state index is -0.357. The summed E-state index contributed by atoms with van der Waals surface area (Å²) in [7, 11) is 1.69. The van der Waals surface area contributed by atoms with E-state index in [4.69, 9.17) is 4.74 Å². The number of rotatable bonds is 7. The minimum Gasteiger partial charge on any atom is -0.489 e. The third-order valence-electron chi connectivity index (χ3n) is 3.52. The van der Waals surface area contributed by atoms with Crippen molar-refractivity contribution in [2.24, 2.45) is 0 Å². The summed E-state index contributed by atoms with van der Waals surface area (Å²) in [5.74, 6) is 0.00395. The number of hydrogen-bond donors (Lipinski definition) is 1. The quantitative estimate of drug-likeness (QED) is 0.785. The molecule has 0 aliphatic rings. The Morgan fingerprint density at radius 2 is 1.68 bits per heavy atom. The second kappa shape index (κ2) is 8.87. The van der Waals surface area contributed by atoms with Crippen molar-refractivity contribution < 1.29 is 14.3 Å². The van der Waals surface area contributed by atoms with E-state index >= 15 is 0 Å². The standard InChI is InChI=1S/C20H24N2O3/c1-15(2)25-18-12-8-7-11-17(18)21-19(23)13-20(24)22(3)14-16-9-5-4-6-10-16/h4-12,15H,13-14H2,1-3H3,(H,21,23). The second-order valence-electron chi connectivity index (χ2n) is 6.12. The number of nitrogens with zero attached hydrogens (tertiary/aromatic N) is 1. The van der Waals surface area contributed by atoms with Gasteiger partial charge in [0.1, 0.15) is 12.2 Å². The van der Waals surface area contributed by atoms with E-state index in [0.29, 0.717) is 18.0 Å². The SMILES string of the molecule is CC(C)Oc1ccccc1NC(=O)CC(=O)N(C)Cc1ccccc1. The van der Waals surface area contributed by atoms with Crippen LogP contribution in [0.25, 0.3) is 0 Å². The molecule has 1 N–H and O–H groups in total. The smallest absolute Gasteiger partial charge is 0.233 e. The Morgan fingerprint density at radius 3 is 2.36 bits per heavy atom. The van der Waals surface area contributed by atoms with Gasteiger partial charge in [-0.15, -0.1) is 0 Å². The number of carbonyl (C=O) groups is 2. The molecular formula is C20H24N2O3. The zero-order valence-electron chi connectivity index (χ0n) is 14.9. The van der Waals surface area contributed by atoms with Gasteiger partial charge in [0.15, 0.2) is 0 Å². The largest absolute Gasteiger partial charge is 0.489 e. The van der Waals surface area contributed by atoms with Crippen LogP contribution in [-0.4, -0.2) is 29.9 Å². The summed E-state index contributed by atoms with van der Waals surface area (Å²) in [6.07, 6.45) is -0.212. The van der Waals surface area contributed by atoms with Gasteiger partial charge in [0.2, 0.25) is 11.8 Å². The molecule has 2 aromatic carbocycles. The fourth-order valence-electron chi connectivity index (χ4n) is 2.34. The van der Waals surface area contributed by atoms with Crippen LogP contribution in [0.2, 0.25) is 0 Å². The van der Waals surface area contributed by atoms with Gasteiger partial charge in [0, 0.05) is 13.6 Å². The summed E-state index contributed by atoms with van der Waals surface area (Å²) in [5.41, 5.74) is 1.59. The molecule has 0 aromatic heterocycles. The highest BCUT2D eigenvalue weighted by atomic mass is 16.5. The van der Waals surface area contributed by atoms with Crippen LogP contribution in [0, 0.1) is 0 Å². The summed E-state index contributed by atoms with van der Waals surface area (Å²) >= 11 is 0. The molecule has 0 radical (unpaired) electrons. The number of amides is 2. The predicted molar refractivity (Wildman–Crippen MR) is 98.4 cm³/mol. The zero-order chi connectivity index (χ0) is 18.2. The first-order valence-electron chi connectivity index (χ1n) is 8.29. The fourth-order valence-corrected chi connectivity index (χ4v) is 2.34. The number of anilines is 1. The van der Waals surface area contributed by atoms with E-state index in [9.17, 15) is 9.59 Å². The highest BCUT2D eigenvalue weighted by molar-refractivity contribution is 6.04. The molecule has 0 heterocycles. The number of benzene rings is 2. The van der Waals surface area contributed by atoms with Gasteiger partial charge in [-0.3, -0.25) is 9.59 Å². The van der Waals surface area contributed by atoms with Crippen molar-refractivity contribution in [3.05, 3.63) is 60.2 Å². The monoisotopic (exact) mass is 340 g/mol. The topological polar surface area (TPSA) is 58.6 Å². The first-order valence-corrected chi connectivity index (χ1v) is 8.29. The number of ether oxygens (including phenoxy) is 1. The lowest BCUT2D eigenvalue weighted by Crippen LogP contribution is -2.30. The van der Waals surface area contributed by atoms with E-state index < -0.39 is 0 Å². The second-order valence-corrected chi connectivity index (χ2v) is 6.12. The van der Waals surface area contributed by atoms with Gasteiger partial charge in [-0.1, -0.05) is 42.5 Å². The van der Waals surface area contributed by atoms with Crippen LogP contribution in [-0.2, 0) is 16.1 Å². The molecule has 0 bridgehead atoms. The van der Waals surface area contributed by atoms with E-state index in [1.54, 1.807) is 24.1 Å². The van der Waals surface area contributed by atoms with Gasteiger partial charge in [-0.25, -0.2) is 0 Å². The van der Waals surface area contributed by atoms with E-state index in [-0.39, 0.29) is 24.3 Å². The maximum absolute atomic E-state index is 12.2.